The van der Waals surface area contributed by atoms with Gasteiger partial charge < -0.3 is 19.6 Å². The van der Waals surface area contributed by atoms with Crippen LogP contribution in [0.3, 0.4) is 0 Å². The standard InChI is InChI=1S/C29H45F3N4S/c1-5-12-27-26(23-24(4)29(30,31)32)36(25-13-8-9-14-28(25)37-27)18-11-17-35-21-19-34(20-22-35)16-10-15-33(6-2)7-3/h5,12-14,23H,6-11,15-22H2,1-4H3/b12-5-,24-23+. The van der Waals surface area contributed by atoms with Gasteiger partial charge in [-0.3, -0.25) is 0 Å². The van der Waals surface area contributed by atoms with Crippen LogP contribution < -0.4 is 0 Å². The Balaban J connectivity index is 1.61. The summed E-state index contributed by atoms with van der Waals surface area (Å²) in [5.74, 6) is 0. The molecule has 0 aromatic rings. The van der Waals surface area contributed by atoms with Crippen molar-refractivity contribution in [2.75, 3.05) is 65.4 Å². The van der Waals surface area contributed by atoms with Gasteiger partial charge in [0.15, 0.2) is 0 Å². The van der Waals surface area contributed by atoms with Crippen molar-refractivity contribution in [3.63, 3.8) is 0 Å². The van der Waals surface area contributed by atoms with Crippen molar-refractivity contribution in [1.29, 1.82) is 0 Å². The number of rotatable bonds is 12. The summed E-state index contributed by atoms with van der Waals surface area (Å²) in [5, 5.41) is 0. The molecule has 8 heteroatoms. The van der Waals surface area contributed by atoms with Gasteiger partial charge >= 0.3 is 6.18 Å². The molecule has 0 aromatic carbocycles. The number of hydrogen-bond donors (Lipinski definition) is 0. The summed E-state index contributed by atoms with van der Waals surface area (Å²) in [6.07, 6.45) is 9.34. The molecule has 208 valence electrons. The van der Waals surface area contributed by atoms with Gasteiger partial charge in [0, 0.05) is 48.1 Å². The second-order valence-electron chi connectivity index (χ2n) is 9.98. The molecule has 0 N–H and O–H groups in total. The van der Waals surface area contributed by atoms with E-state index in [0.717, 1.165) is 82.2 Å². The van der Waals surface area contributed by atoms with E-state index in [1.165, 1.54) is 30.9 Å². The van der Waals surface area contributed by atoms with Gasteiger partial charge in [0.2, 0.25) is 0 Å². The molecule has 0 spiro atoms. The van der Waals surface area contributed by atoms with Crippen LogP contribution in [0.2, 0.25) is 0 Å². The Morgan fingerprint density at radius 2 is 1.59 bits per heavy atom. The Bertz CT molecular complexity index is 891. The molecule has 1 aliphatic carbocycles. The summed E-state index contributed by atoms with van der Waals surface area (Å²) in [6, 6.07) is 0. The van der Waals surface area contributed by atoms with Gasteiger partial charge in [-0.25, -0.2) is 0 Å². The minimum atomic E-state index is -4.33. The number of allylic oxidation sites excluding steroid dienone is 6. The molecule has 4 nitrogen and oxygen atoms in total. The molecule has 0 aromatic heterocycles. The van der Waals surface area contributed by atoms with Crippen molar-refractivity contribution in [2.45, 2.75) is 59.6 Å². The van der Waals surface area contributed by atoms with Crippen LogP contribution in [-0.4, -0.2) is 91.2 Å². The number of hydrogen-bond acceptors (Lipinski definition) is 5. The Hall–Kier alpha value is -1.48. The Morgan fingerprint density at radius 1 is 0.973 bits per heavy atom. The zero-order valence-electron chi connectivity index (χ0n) is 23.1. The van der Waals surface area contributed by atoms with Crippen molar-refractivity contribution in [3.8, 4) is 0 Å². The minimum Gasteiger partial charge on any atom is -0.340 e. The maximum absolute atomic E-state index is 13.5. The van der Waals surface area contributed by atoms with Gasteiger partial charge in [0.1, 0.15) is 0 Å². The molecular weight excluding hydrogens is 493 g/mol. The highest BCUT2D eigenvalue weighted by molar-refractivity contribution is 8.07. The number of piperazine rings is 1. The second-order valence-corrected chi connectivity index (χ2v) is 11.1. The van der Waals surface area contributed by atoms with E-state index >= 15 is 0 Å². The third-order valence-corrected chi connectivity index (χ3v) is 8.58. The number of fused-ring (bicyclic) bond motifs is 1. The summed E-state index contributed by atoms with van der Waals surface area (Å²) in [5.41, 5.74) is 1.18. The SMILES string of the molecule is C/C=C\C1=C(/C=C(\C)C(F)(F)F)N(CCCN2CCN(CCCN(CC)CC)CC2)C2=CCCC=C2S1. The lowest BCUT2D eigenvalue weighted by Crippen LogP contribution is -2.47. The molecular formula is C29H45F3N4S. The second kappa shape index (κ2) is 14.6. The predicted octanol–water partition coefficient (Wildman–Crippen LogP) is 6.63. The van der Waals surface area contributed by atoms with Gasteiger partial charge in [0.05, 0.1) is 11.4 Å². The maximum atomic E-state index is 13.5. The molecule has 3 aliphatic rings. The monoisotopic (exact) mass is 538 g/mol. The summed E-state index contributed by atoms with van der Waals surface area (Å²) < 4.78 is 40.5. The largest absolute Gasteiger partial charge is 0.412 e. The van der Waals surface area contributed by atoms with Crippen LogP contribution in [0, 0.1) is 0 Å². The highest BCUT2D eigenvalue weighted by Crippen LogP contribution is 2.45. The molecule has 0 saturated carbocycles. The number of halogens is 3. The summed E-state index contributed by atoms with van der Waals surface area (Å²) in [4.78, 5) is 11.7. The first-order chi connectivity index (χ1) is 17.8. The van der Waals surface area contributed by atoms with E-state index in [2.05, 4.69) is 45.6 Å². The molecule has 0 unspecified atom stereocenters. The smallest absolute Gasteiger partial charge is 0.340 e. The number of nitrogens with zero attached hydrogens (tertiary/aromatic N) is 4. The molecule has 2 heterocycles. The van der Waals surface area contributed by atoms with E-state index in [4.69, 9.17) is 0 Å². The molecule has 0 radical (unpaired) electrons. The van der Waals surface area contributed by atoms with Crippen LogP contribution in [-0.2, 0) is 0 Å². The lowest BCUT2D eigenvalue weighted by molar-refractivity contribution is -0.0914. The van der Waals surface area contributed by atoms with Crippen molar-refractivity contribution < 1.29 is 13.2 Å². The first-order valence-electron chi connectivity index (χ1n) is 13.9. The quantitative estimate of drug-likeness (QED) is 0.276. The number of thioether (sulfide) groups is 1. The van der Waals surface area contributed by atoms with E-state index in [-0.39, 0.29) is 0 Å². The normalized spacial score (nSPS) is 20.6. The summed E-state index contributed by atoms with van der Waals surface area (Å²) >= 11 is 1.59. The molecule has 1 saturated heterocycles. The molecule has 2 aliphatic heterocycles. The van der Waals surface area contributed by atoms with Gasteiger partial charge in [-0.05, 0) is 78.3 Å². The van der Waals surface area contributed by atoms with E-state index in [1.54, 1.807) is 11.8 Å². The lowest BCUT2D eigenvalue weighted by atomic mass is 10.1. The van der Waals surface area contributed by atoms with E-state index in [0.29, 0.717) is 12.2 Å². The summed E-state index contributed by atoms with van der Waals surface area (Å²) in [6.45, 7) is 18.1. The van der Waals surface area contributed by atoms with Gasteiger partial charge in [-0.2, -0.15) is 13.2 Å². The van der Waals surface area contributed by atoms with E-state index < -0.39 is 11.7 Å². The third-order valence-electron chi connectivity index (χ3n) is 7.42. The molecule has 0 amide bonds. The average molecular weight is 539 g/mol. The zero-order valence-corrected chi connectivity index (χ0v) is 23.9. The van der Waals surface area contributed by atoms with Crippen molar-refractivity contribution >= 4 is 11.8 Å². The van der Waals surface area contributed by atoms with Crippen LogP contribution in [0.1, 0.15) is 53.4 Å². The van der Waals surface area contributed by atoms with Crippen LogP contribution in [0.15, 0.2) is 57.2 Å². The fourth-order valence-corrected chi connectivity index (χ4v) is 6.32. The number of alkyl halides is 3. The molecule has 0 atom stereocenters. The van der Waals surface area contributed by atoms with E-state index in [9.17, 15) is 13.2 Å². The first kappa shape index (κ1) is 30.1. The maximum Gasteiger partial charge on any atom is 0.412 e. The van der Waals surface area contributed by atoms with Crippen LogP contribution in [0.5, 0.6) is 0 Å². The topological polar surface area (TPSA) is 13.0 Å². The Morgan fingerprint density at radius 3 is 2.19 bits per heavy atom. The molecule has 37 heavy (non-hydrogen) atoms. The zero-order chi connectivity index (χ0) is 26.8. The minimum absolute atomic E-state index is 0.559. The summed E-state index contributed by atoms with van der Waals surface area (Å²) in [7, 11) is 0. The van der Waals surface area contributed by atoms with Gasteiger partial charge in [0.25, 0.3) is 0 Å². The first-order valence-corrected chi connectivity index (χ1v) is 14.7. The average Bonchev–Trinajstić information content (AvgIpc) is 2.88. The molecule has 1 fully saturated rings. The lowest BCUT2D eigenvalue weighted by Gasteiger charge is -2.38. The fourth-order valence-electron chi connectivity index (χ4n) is 5.10. The van der Waals surface area contributed by atoms with Crippen molar-refractivity contribution in [2.24, 2.45) is 0 Å². The van der Waals surface area contributed by atoms with Crippen LogP contribution >= 0.6 is 11.8 Å². The third kappa shape index (κ3) is 8.77. The predicted molar refractivity (Wildman–Crippen MR) is 151 cm³/mol. The Kier molecular flexibility index (Phi) is 11.9. The van der Waals surface area contributed by atoms with E-state index in [1.807, 2.05) is 19.1 Å². The van der Waals surface area contributed by atoms with Gasteiger partial charge in [-0.15, -0.1) is 0 Å². The Labute approximate surface area is 226 Å². The molecule has 0 bridgehead atoms. The van der Waals surface area contributed by atoms with Crippen LogP contribution in [0.4, 0.5) is 13.2 Å². The highest BCUT2D eigenvalue weighted by atomic mass is 32.2. The van der Waals surface area contributed by atoms with Crippen LogP contribution in [0.25, 0.3) is 0 Å². The molecule has 3 rings (SSSR count). The van der Waals surface area contributed by atoms with Gasteiger partial charge in [-0.1, -0.05) is 49.9 Å². The van der Waals surface area contributed by atoms with Crippen molar-refractivity contribution in [3.05, 3.63) is 57.2 Å². The fraction of sp³-hybridized carbons (Fsp3) is 0.655. The van der Waals surface area contributed by atoms with Crippen molar-refractivity contribution in [1.82, 2.24) is 19.6 Å². The highest BCUT2D eigenvalue weighted by Gasteiger charge is 2.33.